The Kier molecular flexibility index (Phi) is 5.68. The molecule has 1 heterocycles. The number of nitrogens with one attached hydrogen (secondary N) is 2. The van der Waals surface area contributed by atoms with E-state index in [1.54, 1.807) is 24.5 Å². The van der Waals surface area contributed by atoms with E-state index in [4.69, 9.17) is 0 Å². The van der Waals surface area contributed by atoms with Gasteiger partial charge in [-0.05, 0) is 34.7 Å². The number of rotatable bonds is 5. The van der Waals surface area contributed by atoms with Crippen molar-refractivity contribution in [2.75, 3.05) is 6.54 Å². The Morgan fingerprint density at radius 3 is 2.33 bits per heavy atom. The van der Waals surface area contributed by atoms with Crippen molar-refractivity contribution in [1.29, 1.82) is 0 Å². The molecule has 0 saturated heterocycles. The summed E-state index contributed by atoms with van der Waals surface area (Å²) >= 11 is 0. The standard InChI is InChI=1S/C19H23N3O2/c1-19(2,3)16-8-6-15(7-9-16)18(24)22-13-17(23)21-12-14-5-4-10-20-11-14/h4-11H,12-13H2,1-3H3,(H,21,23)(H,22,24). The molecule has 2 rings (SSSR count). The van der Waals surface area contributed by atoms with Crippen LogP contribution >= 0.6 is 0 Å². The van der Waals surface area contributed by atoms with Crippen molar-refractivity contribution < 1.29 is 9.59 Å². The van der Waals surface area contributed by atoms with Crippen LogP contribution in [0.1, 0.15) is 42.3 Å². The normalized spacial score (nSPS) is 11.0. The monoisotopic (exact) mass is 325 g/mol. The molecule has 0 bridgehead atoms. The molecule has 0 saturated carbocycles. The summed E-state index contributed by atoms with van der Waals surface area (Å²) in [5.74, 6) is -0.495. The third kappa shape index (κ3) is 5.19. The van der Waals surface area contributed by atoms with E-state index in [0.717, 1.165) is 11.1 Å². The van der Waals surface area contributed by atoms with Gasteiger partial charge in [0.05, 0.1) is 6.54 Å². The minimum absolute atomic E-state index is 0.0428. The van der Waals surface area contributed by atoms with Crippen LogP contribution in [0, 0.1) is 0 Å². The van der Waals surface area contributed by atoms with Crippen LogP contribution in [0.15, 0.2) is 48.8 Å². The summed E-state index contributed by atoms with van der Waals surface area (Å²) in [7, 11) is 0. The molecule has 0 aliphatic carbocycles. The summed E-state index contributed by atoms with van der Waals surface area (Å²) in [6.07, 6.45) is 3.37. The molecule has 0 aliphatic rings. The fourth-order valence-corrected chi connectivity index (χ4v) is 2.15. The molecule has 1 aromatic carbocycles. The minimum atomic E-state index is -0.257. The van der Waals surface area contributed by atoms with Crippen molar-refractivity contribution in [3.8, 4) is 0 Å². The fourth-order valence-electron chi connectivity index (χ4n) is 2.15. The maximum Gasteiger partial charge on any atom is 0.251 e. The molecule has 2 N–H and O–H groups in total. The van der Waals surface area contributed by atoms with E-state index in [1.165, 1.54) is 0 Å². The Labute approximate surface area is 142 Å². The third-order valence-electron chi connectivity index (χ3n) is 3.64. The van der Waals surface area contributed by atoms with Crippen molar-refractivity contribution in [3.63, 3.8) is 0 Å². The van der Waals surface area contributed by atoms with E-state index in [9.17, 15) is 9.59 Å². The van der Waals surface area contributed by atoms with Gasteiger partial charge in [-0.25, -0.2) is 0 Å². The van der Waals surface area contributed by atoms with E-state index in [0.29, 0.717) is 12.1 Å². The lowest BCUT2D eigenvalue weighted by atomic mass is 9.87. The van der Waals surface area contributed by atoms with Crippen LogP contribution < -0.4 is 10.6 Å². The summed E-state index contributed by atoms with van der Waals surface area (Å²) < 4.78 is 0. The molecule has 24 heavy (non-hydrogen) atoms. The van der Waals surface area contributed by atoms with Crippen LogP contribution in [0.3, 0.4) is 0 Å². The van der Waals surface area contributed by atoms with Gasteiger partial charge in [-0.15, -0.1) is 0 Å². The average molecular weight is 325 g/mol. The number of carbonyl (C=O) groups excluding carboxylic acids is 2. The van der Waals surface area contributed by atoms with Gasteiger partial charge in [0, 0.05) is 24.5 Å². The van der Waals surface area contributed by atoms with Gasteiger partial charge >= 0.3 is 0 Å². The maximum atomic E-state index is 12.1. The molecule has 0 unspecified atom stereocenters. The van der Waals surface area contributed by atoms with Gasteiger partial charge in [-0.2, -0.15) is 0 Å². The van der Waals surface area contributed by atoms with Crippen LogP contribution in [-0.2, 0) is 16.8 Å². The highest BCUT2D eigenvalue weighted by Crippen LogP contribution is 2.22. The van der Waals surface area contributed by atoms with E-state index >= 15 is 0 Å². The van der Waals surface area contributed by atoms with Crippen LogP contribution in [0.4, 0.5) is 0 Å². The lowest BCUT2D eigenvalue weighted by Gasteiger charge is -2.19. The number of carbonyl (C=O) groups is 2. The third-order valence-corrected chi connectivity index (χ3v) is 3.64. The molecular weight excluding hydrogens is 302 g/mol. The SMILES string of the molecule is CC(C)(C)c1ccc(C(=O)NCC(=O)NCc2cccnc2)cc1. The van der Waals surface area contributed by atoms with Gasteiger partial charge in [0.25, 0.3) is 5.91 Å². The average Bonchev–Trinajstić information content (AvgIpc) is 2.58. The number of amides is 2. The number of nitrogens with zero attached hydrogens (tertiary/aromatic N) is 1. The number of hydrogen-bond acceptors (Lipinski definition) is 3. The minimum Gasteiger partial charge on any atom is -0.350 e. The van der Waals surface area contributed by atoms with Gasteiger partial charge in [0.15, 0.2) is 0 Å². The van der Waals surface area contributed by atoms with E-state index in [2.05, 4.69) is 36.4 Å². The number of aromatic nitrogens is 1. The quantitative estimate of drug-likeness (QED) is 0.887. The molecule has 5 heteroatoms. The number of pyridine rings is 1. The molecule has 126 valence electrons. The van der Waals surface area contributed by atoms with Gasteiger partial charge in [0.2, 0.25) is 5.91 Å². The highest BCUT2D eigenvalue weighted by atomic mass is 16.2. The molecule has 0 spiro atoms. The molecular formula is C19H23N3O2. The van der Waals surface area contributed by atoms with E-state index in [1.807, 2.05) is 24.3 Å². The lowest BCUT2D eigenvalue weighted by Crippen LogP contribution is -2.36. The fraction of sp³-hybridized carbons (Fsp3) is 0.316. The van der Waals surface area contributed by atoms with E-state index < -0.39 is 0 Å². The first kappa shape index (κ1) is 17.7. The summed E-state index contributed by atoms with van der Waals surface area (Å²) in [5, 5.41) is 5.37. The first-order valence-corrected chi connectivity index (χ1v) is 7.90. The zero-order chi connectivity index (χ0) is 17.6. The van der Waals surface area contributed by atoms with Crippen LogP contribution in [0.5, 0.6) is 0 Å². The number of benzene rings is 1. The van der Waals surface area contributed by atoms with Gasteiger partial charge in [-0.3, -0.25) is 14.6 Å². The smallest absolute Gasteiger partial charge is 0.251 e. The molecule has 0 aliphatic heterocycles. The van der Waals surface area contributed by atoms with Crippen molar-refractivity contribution in [3.05, 3.63) is 65.5 Å². The second-order valence-electron chi connectivity index (χ2n) is 6.65. The van der Waals surface area contributed by atoms with Crippen molar-refractivity contribution in [2.45, 2.75) is 32.7 Å². The van der Waals surface area contributed by atoms with Gasteiger partial charge in [-0.1, -0.05) is 39.0 Å². The second-order valence-corrected chi connectivity index (χ2v) is 6.65. The summed E-state index contributed by atoms with van der Waals surface area (Å²) in [6.45, 7) is 6.70. The Morgan fingerprint density at radius 1 is 1.04 bits per heavy atom. The lowest BCUT2D eigenvalue weighted by molar-refractivity contribution is -0.120. The predicted octanol–water partition coefficient (Wildman–Crippen LogP) is 2.43. The summed E-state index contributed by atoms with van der Waals surface area (Å²) in [5.41, 5.74) is 2.66. The second kappa shape index (κ2) is 7.73. The maximum absolute atomic E-state index is 12.1. The summed E-state index contributed by atoms with van der Waals surface area (Å²) in [4.78, 5) is 27.9. The zero-order valence-electron chi connectivity index (χ0n) is 14.3. The molecule has 0 radical (unpaired) electrons. The molecule has 0 atom stereocenters. The van der Waals surface area contributed by atoms with Crippen molar-refractivity contribution >= 4 is 11.8 Å². The van der Waals surface area contributed by atoms with Gasteiger partial charge < -0.3 is 10.6 Å². The van der Waals surface area contributed by atoms with Crippen LogP contribution in [0.2, 0.25) is 0 Å². The zero-order valence-corrected chi connectivity index (χ0v) is 14.3. The summed E-state index contributed by atoms with van der Waals surface area (Å²) in [6, 6.07) is 11.1. The van der Waals surface area contributed by atoms with Crippen molar-refractivity contribution in [1.82, 2.24) is 15.6 Å². The molecule has 2 aromatic rings. The van der Waals surface area contributed by atoms with Crippen LogP contribution in [0.25, 0.3) is 0 Å². The predicted molar refractivity (Wildman–Crippen MR) is 93.6 cm³/mol. The highest BCUT2D eigenvalue weighted by Gasteiger charge is 2.14. The Balaban J connectivity index is 1.81. The largest absolute Gasteiger partial charge is 0.350 e. The first-order chi connectivity index (χ1) is 11.4. The van der Waals surface area contributed by atoms with E-state index in [-0.39, 0.29) is 23.8 Å². The molecule has 5 nitrogen and oxygen atoms in total. The number of hydrogen-bond donors (Lipinski definition) is 2. The molecule has 2 amide bonds. The highest BCUT2D eigenvalue weighted by molar-refractivity contribution is 5.96. The van der Waals surface area contributed by atoms with Crippen LogP contribution in [-0.4, -0.2) is 23.3 Å². The molecule has 0 fully saturated rings. The Morgan fingerprint density at radius 2 is 1.75 bits per heavy atom. The van der Waals surface area contributed by atoms with Gasteiger partial charge in [0.1, 0.15) is 0 Å². The topological polar surface area (TPSA) is 71.1 Å². The Hall–Kier alpha value is -2.69. The first-order valence-electron chi connectivity index (χ1n) is 7.90. The Bertz CT molecular complexity index is 689. The van der Waals surface area contributed by atoms with Crippen molar-refractivity contribution in [2.24, 2.45) is 0 Å². The molecule has 1 aromatic heterocycles.